The summed E-state index contributed by atoms with van der Waals surface area (Å²) in [4.78, 5) is 25.6. The van der Waals surface area contributed by atoms with Gasteiger partial charge in [-0.05, 0) is 49.2 Å². The molecule has 144 valence electrons. The van der Waals surface area contributed by atoms with Gasteiger partial charge < -0.3 is 15.5 Å². The van der Waals surface area contributed by atoms with Gasteiger partial charge in [0.1, 0.15) is 0 Å². The lowest BCUT2D eigenvalue weighted by Crippen LogP contribution is -3.14. The Kier molecular flexibility index (Phi) is 8.10. The molecule has 0 heterocycles. The highest BCUT2D eigenvalue weighted by atomic mass is 35.5. The molecule has 0 aromatic heterocycles. The maximum atomic E-state index is 12.4. The second kappa shape index (κ2) is 10.3. The minimum Gasteiger partial charge on any atom is -0.321 e. The summed E-state index contributed by atoms with van der Waals surface area (Å²) in [6.45, 7) is 5.09. The average Bonchev–Trinajstić information content (AvgIpc) is 2.57. The van der Waals surface area contributed by atoms with Crippen LogP contribution in [-0.4, -0.2) is 31.4 Å². The van der Waals surface area contributed by atoms with Crippen LogP contribution in [0.15, 0.2) is 42.5 Å². The van der Waals surface area contributed by atoms with Crippen LogP contribution in [0, 0.1) is 6.92 Å². The Labute approximate surface area is 169 Å². The molecule has 2 aromatic carbocycles. The minimum atomic E-state index is -0.203. The smallest absolute Gasteiger partial charge is 0.279 e. The highest BCUT2D eigenvalue weighted by Gasteiger charge is 2.18. The van der Waals surface area contributed by atoms with E-state index < -0.39 is 0 Å². The van der Waals surface area contributed by atoms with E-state index in [1.54, 1.807) is 18.2 Å². The van der Waals surface area contributed by atoms with E-state index in [0.29, 0.717) is 22.3 Å². The van der Waals surface area contributed by atoms with E-state index in [2.05, 4.69) is 10.6 Å². The van der Waals surface area contributed by atoms with Crippen molar-refractivity contribution in [2.24, 2.45) is 0 Å². The van der Waals surface area contributed by atoms with Gasteiger partial charge in [0.15, 0.2) is 13.1 Å². The fourth-order valence-corrected chi connectivity index (χ4v) is 3.22. The Morgan fingerprint density at radius 3 is 2.33 bits per heavy atom. The van der Waals surface area contributed by atoms with Crippen LogP contribution in [0.4, 0.5) is 11.4 Å². The number of aryl methyl sites for hydroxylation is 1. The van der Waals surface area contributed by atoms with E-state index in [-0.39, 0.29) is 24.9 Å². The third-order valence-electron chi connectivity index (χ3n) is 3.93. The summed E-state index contributed by atoms with van der Waals surface area (Å²) in [5.74, 6) is -0.326. The SMILES string of the molecule is CCC[NH+](CC(=O)Nc1cccc(C)c1)CC(=O)Nc1ccc(Cl)cc1Cl. The topological polar surface area (TPSA) is 62.6 Å². The van der Waals surface area contributed by atoms with Crippen molar-refractivity contribution in [1.82, 2.24) is 0 Å². The van der Waals surface area contributed by atoms with Crippen LogP contribution in [-0.2, 0) is 9.59 Å². The molecule has 2 rings (SSSR count). The molecule has 0 saturated heterocycles. The number of hydrogen-bond donors (Lipinski definition) is 3. The summed E-state index contributed by atoms with van der Waals surface area (Å²) in [6.07, 6.45) is 0.863. The molecule has 2 amide bonds. The van der Waals surface area contributed by atoms with Gasteiger partial charge in [-0.25, -0.2) is 0 Å². The summed E-state index contributed by atoms with van der Waals surface area (Å²) in [5.41, 5.74) is 2.34. The van der Waals surface area contributed by atoms with Gasteiger partial charge in [-0.3, -0.25) is 9.59 Å². The molecule has 1 unspecified atom stereocenters. The number of amides is 2. The molecule has 0 fully saturated rings. The first-order valence-corrected chi connectivity index (χ1v) is 9.58. The molecule has 0 radical (unpaired) electrons. The van der Waals surface area contributed by atoms with E-state index in [9.17, 15) is 9.59 Å². The van der Waals surface area contributed by atoms with Crippen LogP contribution in [0.25, 0.3) is 0 Å². The summed E-state index contributed by atoms with van der Waals surface area (Å²) in [7, 11) is 0. The Bertz CT molecular complexity index is 812. The van der Waals surface area contributed by atoms with E-state index in [4.69, 9.17) is 23.2 Å². The van der Waals surface area contributed by atoms with Crippen molar-refractivity contribution in [3.05, 3.63) is 58.1 Å². The van der Waals surface area contributed by atoms with E-state index >= 15 is 0 Å². The van der Waals surface area contributed by atoms with Gasteiger partial charge in [-0.2, -0.15) is 0 Å². The Balaban J connectivity index is 1.93. The van der Waals surface area contributed by atoms with Gasteiger partial charge >= 0.3 is 0 Å². The molecular formula is C20H24Cl2N3O2+. The van der Waals surface area contributed by atoms with Crippen LogP contribution < -0.4 is 15.5 Å². The normalized spacial score (nSPS) is 11.7. The monoisotopic (exact) mass is 408 g/mol. The van der Waals surface area contributed by atoms with Crippen LogP contribution in [0.2, 0.25) is 10.0 Å². The summed E-state index contributed by atoms with van der Waals surface area (Å²) < 4.78 is 0. The Morgan fingerprint density at radius 1 is 1.00 bits per heavy atom. The van der Waals surface area contributed by atoms with Crippen molar-refractivity contribution >= 4 is 46.4 Å². The number of benzene rings is 2. The number of quaternary nitrogens is 1. The standard InChI is InChI=1S/C20H23Cl2N3O2/c1-3-9-25(12-19(26)23-16-6-4-5-14(2)10-16)13-20(27)24-18-8-7-15(21)11-17(18)22/h4-8,10-11H,3,9,12-13H2,1-2H3,(H,23,26)(H,24,27)/p+1. The summed E-state index contributed by atoms with van der Waals surface area (Å²) >= 11 is 12.0. The lowest BCUT2D eigenvalue weighted by Gasteiger charge is -2.18. The molecule has 7 heteroatoms. The van der Waals surface area contributed by atoms with Crippen molar-refractivity contribution in [3.63, 3.8) is 0 Å². The molecule has 0 aliphatic rings. The van der Waals surface area contributed by atoms with Gasteiger partial charge in [0.2, 0.25) is 0 Å². The van der Waals surface area contributed by atoms with Crippen molar-refractivity contribution in [3.8, 4) is 0 Å². The van der Waals surface area contributed by atoms with Gasteiger partial charge in [0.05, 0.1) is 17.3 Å². The van der Waals surface area contributed by atoms with Crippen molar-refractivity contribution in [2.45, 2.75) is 20.3 Å². The number of hydrogen-bond acceptors (Lipinski definition) is 2. The third-order valence-corrected chi connectivity index (χ3v) is 4.48. The predicted octanol–water partition coefficient (Wildman–Crippen LogP) is 3.17. The minimum absolute atomic E-state index is 0.124. The van der Waals surface area contributed by atoms with Crippen molar-refractivity contribution in [1.29, 1.82) is 0 Å². The largest absolute Gasteiger partial charge is 0.321 e. The number of carbonyl (C=O) groups excluding carboxylic acids is 2. The zero-order valence-electron chi connectivity index (χ0n) is 15.4. The average molecular weight is 409 g/mol. The first kappa shape index (κ1) is 21.2. The molecular weight excluding hydrogens is 385 g/mol. The lowest BCUT2D eigenvalue weighted by atomic mass is 10.2. The van der Waals surface area contributed by atoms with Crippen molar-refractivity contribution < 1.29 is 14.5 Å². The van der Waals surface area contributed by atoms with E-state index in [1.807, 2.05) is 38.1 Å². The Hall–Kier alpha value is -2.08. The molecule has 27 heavy (non-hydrogen) atoms. The van der Waals surface area contributed by atoms with Gasteiger partial charge in [0.25, 0.3) is 11.8 Å². The zero-order valence-corrected chi connectivity index (χ0v) is 17.0. The lowest BCUT2D eigenvalue weighted by molar-refractivity contribution is -0.883. The second-order valence-corrected chi connectivity index (χ2v) is 7.29. The third kappa shape index (κ3) is 7.21. The maximum absolute atomic E-state index is 12.4. The van der Waals surface area contributed by atoms with Gasteiger partial charge in [0, 0.05) is 10.7 Å². The number of halogens is 2. The zero-order chi connectivity index (χ0) is 19.8. The molecule has 5 nitrogen and oxygen atoms in total. The highest BCUT2D eigenvalue weighted by molar-refractivity contribution is 6.36. The van der Waals surface area contributed by atoms with Gasteiger partial charge in [-0.1, -0.05) is 42.3 Å². The number of carbonyl (C=O) groups is 2. The molecule has 3 N–H and O–H groups in total. The molecule has 0 aliphatic heterocycles. The fraction of sp³-hybridized carbons (Fsp3) is 0.300. The van der Waals surface area contributed by atoms with Crippen LogP contribution in [0.3, 0.4) is 0 Å². The molecule has 0 aliphatic carbocycles. The molecule has 1 atom stereocenters. The van der Waals surface area contributed by atoms with Crippen LogP contribution >= 0.6 is 23.2 Å². The number of rotatable bonds is 8. The molecule has 0 bridgehead atoms. The molecule has 0 saturated carbocycles. The van der Waals surface area contributed by atoms with Crippen molar-refractivity contribution in [2.75, 3.05) is 30.3 Å². The van der Waals surface area contributed by atoms with E-state index in [1.165, 1.54) is 0 Å². The fourth-order valence-electron chi connectivity index (χ4n) is 2.76. The summed E-state index contributed by atoms with van der Waals surface area (Å²) in [5, 5.41) is 6.54. The quantitative estimate of drug-likeness (QED) is 0.627. The van der Waals surface area contributed by atoms with Gasteiger partial charge in [-0.15, -0.1) is 0 Å². The highest BCUT2D eigenvalue weighted by Crippen LogP contribution is 2.25. The second-order valence-electron chi connectivity index (χ2n) is 6.44. The summed E-state index contributed by atoms with van der Waals surface area (Å²) in [6, 6.07) is 12.5. The molecule has 2 aromatic rings. The number of anilines is 2. The number of nitrogens with one attached hydrogen (secondary N) is 3. The molecule has 0 spiro atoms. The van der Waals surface area contributed by atoms with Crippen LogP contribution in [0.1, 0.15) is 18.9 Å². The van der Waals surface area contributed by atoms with E-state index in [0.717, 1.165) is 22.6 Å². The maximum Gasteiger partial charge on any atom is 0.279 e. The van der Waals surface area contributed by atoms with Crippen LogP contribution in [0.5, 0.6) is 0 Å². The Morgan fingerprint density at radius 2 is 1.70 bits per heavy atom. The first-order valence-electron chi connectivity index (χ1n) is 8.82. The first-order chi connectivity index (χ1) is 12.9. The predicted molar refractivity (Wildman–Crippen MR) is 111 cm³/mol.